The molecule has 8 heteroatoms. The van der Waals surface area contributed by atoms with E-state index in [9.17, 15) is 4.79 Å². The van der Waals surface area contributed by atoms with Gasteiger partial charge in [0.05, 0.1) is 17.4 Å². The third-order valence-corrected chi connectivity index (χ3v) is 6.59. The van der Waals surface area contributed by atoms with Crippen molar-refractivity contribution in [1.29, 1.82) is 0 Å². The first-order valence-electron chi connectivity index (χ1n) is 11.0. The molecule has 1 amide bonds. The number of amides is 1. The van der Waals surface area contributed by atoms with E-state index in [-0.39, 0.29) is 30.4 Å². The Morgan fingerprint density at radius 1 is 1.06 bits per heavy atom. The summed E-state index contributed by atoms with van der Waals surface area (Å²) >= 11 is 0. The van der Waals surface area contributed by atoms with Gasteiger partial charge in [-0.15, -0.1) is 0 Å². The summed E-state index contributed by atoms with van der Waals surface area (Å²) in [4.78, 5) is 27.5. The average Bonchev–Trinajstić information content (AvgIpc) is 3.48. The zero-order chi connectivity index (χ0) is 21.7. The van der Waals surface area contributed by atoms with E-state index in [4.69, 9.17) is 14.2 Å². The summed E-state index contributed by atoms with van der Waals surface area (Å²) in [6.07, 6.45) is 5.71. The Bertz CT molecular complexity index is 979. The highest BCUT2D eigenvalue weighted by molar-refractivity contribution is 5.70. The number of nitrogens with zero attached hydrogens (tertiary/aromatic N) is 4. The fraction of sp³-hybridized carbons (Fsp3) is 0.565. The minimum Gasteiger partial charge on any atom is -0.474 e. The van der Waals surface area contributed by atoms with E-state index in [1.165, 1.54) is 12.7 Å². The number of carbonyl (C=O) groups is 1. The lowest BCUT2D eigenvalue weighted by Crippen LogP contribution is -2.52. The fourth-order valence-corrected chi connectivity index (χ4v) is 5.10. The number of piperidine rings is 2. The molecule has 0 N–H and O–H groups in total. The Kier molecular flexibility index (Phi) is 4.95. The molecule has 0 spiro atoms. The van der Waals surface area contributed by atoms with E-state index in [2.05, 4.69) is 15.0 Å². The standard InChI is InChI=1S/C23H28N4O4/c1-12(2)29-23(28)27-18-8-15(9-19(27)17-10-16(17)18)30-21-13(3)22(26-11-25-21)31-20-6-5-7-24-14(20)4/h5-7,11-12,15-19H,8-10H2,1-4H3/t15?,16-,17+,18+,19-. The van der Waals surface area contributed by atoms with Crippen molar-refractivity contribution in [2.24, 2.45) is 11.8 Å². The van der Waals surface area contributed by atoms with Crippen molar-refractivity contribution in [2.75, 3.05) is 0 Å². The van der Waals surface area contributed by atoms with E-state index in [0.29, 0.717) is 29.3 Å². The van der Waals surface area contributed by atoms with Crippen LogP contribution < -0.4 is 9.47 Å². The number of pyridine rings is 1. The number of hydrogen-bond acceptors (Lipinski definition) is 7. The van der Waals surface area contributed by atoms with Gasteiger partial charge in [-0.05, 0) is 58.1 Å². The van der Waals surface area contributed by atoms with Crippen molar-refractivity contribution in [3.05, 3.63) is 35.9 Å². The average molecular weight is 425 g/mol. The molecule has 4 heterocycles. The van der Waals surface area contributed by atoms with E-state index < -0.39 is 0 Å². The van der Waals surface area contributed by atoms with Gasteiger partial charge >= 0.3 is 6.09 Å². The van der Waals surface area contributed by atoms with Gasteiger partial charge in [0, 0.05) is 31.1 Å². The van der Waals surface area contributed by atoms with Crippen molar-refractivity contribution in [3.63, 3.8) is 0 Å². The zero-order valence-corrected chi connectivity index (χ0v) is 18.3. The van der Waals surface area contributed by atoms with Gasteiger partial charge in [-0.1, -0.05) is 0 Å². The number of carbonyl (C=O) groups excluding carboxylic acids is 1. The number of ether oxygens (including phenoxy) is 3. The number of aromatic nitrogens is 3. The van der Waals surface area contributed by atoms with E-state index in [1.807, 2.05) is 44.7 Å². The van der Waals surface area contributed by atoms with Crippen LogP contribution in [0.25, 0.3) is 0 Å². The van der Waals surface area contributed by atoms with Crippen molar-refractivity contribution < 1.29 is 19.0 Å². The van der Waals surface area contributed by atoms with Crippen LogP contribution in [0.1, 0.15) is 44.4 Å². The van der Waals surface area contributed by atoms with Crippen LogP contribution >= 0.6 is 0 Å². The van der Waals surface area contributed by atoms with Crippen LogP contribution in [0.5, 0.6) is 17.5 Å². The topological polar surface area (TPSA) is 86.7 Å². The highest BCUT2D eigenvalue weighted by Gasteiger charge is 2.63. The van der Waals surface area contributed by atoms with Crippen LogP contribution in [0.3, 0.4) is 0 Å². The Morgan fingerprint density at radius 3 is 2.45 bits per heavy atom. The highest BCUT2D eigenvalue weighted by atomic mass is 16.6. The molecule has 2 aliphatic heterocycles. The summed E-state index contributed by atoms with van der Waals surface area (Å²) < 4.78 is 17.8. The predicted molar refractivity (Wildman–Crippen MR) is 112 cm³/mol. The lowest BCUT2D eigenvalue weighted by Gasteiger charge is -2.40. The summed E-state index contributed by atoms with van der Waals surface area (Å²) in [6.45, 7) is 7.57. The molecule has 0 aromatic carbocycles. The van der Waals surface area contributed by atoms with Gasteiger partial charge in [0.25, 0.3) is 0 Å². The maximum Gasteiger partial charge on any atom is 0.410 e. The molecule has 2 aromatic heterocycles. The predicted octanol–water partition coefficient (Wildman–Crippen LogP) is 4.06. The van der Waals surface area contributed by atoms with Gasteiger partial charge in [0.15, 0.2) is 5.75 Å². The molecule has 3 fully saturated rings. The summed E-state index contributed by atoms with van der Waals surface area (Å²) in [6, 6.07) is 4.07. The molecular weight excluding hydrogens is 396 g/mol. The van der Waals surface area contributed by atoms with Crippen molar-refractivity contribution in [1.82, 2.24) is 19.9 Å². The third-order valence-electron chi connectivity index (χ3n) is 6.59. The fourth-order valence-electron chi connectivity index (χ4n) is 5.10. The van der Waals surface area contributed by atoms with Gasteiger partial charge in [-0.25, -0.2) is 14.8 Å². The van der Waals surface area contributed by atoms with E-state index in [1.54, 1.807) is 6.20 Å². The molecule has 2 saturated heterocycles. The number of hydrogen-bond donors (Lipinski definition) is 0. The highest BCUT2D eigenvalue weighted by Crippen LogP contribution is 2.59. The quantitative estimate of drug-likeness (QED) is 0.715. The Labute approximate surface area is 182 Å². The van der Waals surface area contributed by atoms with Crippen LogP contribution in [0.15, 0.2) is 24.7 Å². The van der Waals surface area contributed by atoms with Gasteiger partial charge < -0.3 is 19.1 Å². The summed E-state index contributed by atoms with van der Waals surface area (Å²) in [5, 5.41) is 0. The van der Waals surface area contributed by atoms with Crippen LogP contribution in [-0.4, -0.2) is 50.2 Å². The molecule has 2 aromatic rings. The van der Waals surface area contributed by atoms with Gasteiger partial charge in [-0.2, -0.15) is 0 Å². The molecule has 5 atom stereocenters. The molecule has 0 radical (unpaired) electrons. The first kappa shape index (κ1) is 20.0. The molecule has 1 unspecified atom stereocenters. The molecule has 8 nitrogen and oxygen atoms in total. The molecule has 164 valence electrons. The molecule has 31 heavy (non-hydrogen) atoms. The minimum atomic E-state index is -0.184. The molecular formula is C23H28N4O4. The largest absolute Gasteiger partial charge is 0.474 e. The van der Waals surface area contributed by atoms with Crippen LogP contribution in [0.4, 0.5) is 4.79 Å². The van der Waals surface area contributed by atoms with Gasteiger partial charge in [0.2, 0.25) is 11.8 Å². The molecule has 1 aliphatic carbocycles. The molecule has 5 rings (SSSR count). The minimum absolute atomic E-state index is 0.00692. The van der Waals surface area contributed by atoms with Gasteiger partial charge in [0.1, 0.15) is 12.4 Å². The van der Waals surface area contributed by atoms with Crippen molar-refractivity contribution in [2.45, 2.75) is 71.2 Å². The monoisotopic (exact) mass is 424 g/mol. The lowest BCUT2D eigenvalue weighted by atomic mass is 9.95. The molecule has 1 saturated carbocycles. The van der Waals surface area contributed by atoms with E-state index >= 15 is 0 Å². The number of aryl methyl sites for hydroxylation is 1. The van der Waals surface area contributed by atoms with Crippen LogP contribution in [0.2, 0.25) is 0 Å². The summed E-state index contributed by atoms with van der Waals surface area (Å²) in [7, 11) is 0. The lowest BCUT2D eigenvalue weighted by molar-refractivity contribution is 0.00803. The second kappa shape index (κ2) is 7.66. The van der Waals surface area contributed by atoms with Crippen LogP contribution in [-0.2, 0) is 4.74 Å². The van der Waals surface area contributed by atoms with Crippen molar-refractivity contribution in [3.8, 4) is 17.5 Å². The SMILES string of the molecule is Cc1ncccc1Oc1ncnc(OC2C[C@@H]3[C@H]4C[C@H]4[C@H](C2)N3C(=O)OC(C)C)c1C. The maximum atomic E-state index is 12.6. The smallest absolute Gasteiger partial charge is 0.410 e. The summed E-state index contributed by atoms with van der Waals surface area (Å²) in [5.41, 5.74) is 1.55. The molecule has 2 bridgehead atoms. The third kappa shape index (κ3) is 3.68. The second-order valence-corrected chi connectivity index (χ2v) is 9.05. The maximum absolute atomic E-state index is 12.6. The normalized spacial score (nSPS) is 28.3. The Morgan fingerprint density at radius 2 is 1.77 bits per heavy atom. The number of fused-ring (bicyclic) bond motifs is 5. The van der Waals surface area contributed by atoms with Crippen LogP contribution in [0, 0.1) is 25.7 Å². The zero-order valence-electron chi connectivity index (χ0n) is 18.3. The summed E-state index contributed by atoms with van der Waals surface area (Å²) in [5.74, 6) is 2.81. The molecule has 3 aliphatic rings. The van der Waals surface area contributed by atoms with E-state index in [0.717, 1.165) is 24.1 Å². The second-order valence-electron chi connectivity index (χ2n) is 9.05. The number of rotatable bonds is 5. The first-order chi connectivity index (χ1) is 14.9. The Hall–Kier alpha value is -2.90. The van der Waals surface area contributed by atoms with Gasteiger partial charge in [-0.3, -0.25) is 4.98 Å². The Balaban J connectivity index is 1.30. The van der Waals surface area contributed by atoms with Crippen molar-refractivity contribution >= 4 is 6.09 Å². The first-order valence-corrected chi connectivity index (χ1v) is 11.0.